The van der Waals surface area contributed by atoms with Gasteiger partial charge in [0.1, 0.15) is 0 Å². The van der Waals surface area contributed by atoms with Gasteiger partial charge in [-0.15, -0.1) is 0 Å². The van der Waals surface area contributed by atoms with Gasteiger partial charge in [0.15, 0.2) is 17.5 Å². The number of carboxylic acids is 1. The smallest absolute Gasteiger partial charge is 0.319 e. The summed E-state index contributed by atoms with van der Waals surface area (Å²) in [5.74, 6) is -5.51. The molecule has 114 valence electrons. The molecule has 21 heavy (non-hydrogen) atoms. The number of hydrogen-bond acceptors (Lipinski definition) is 2. The van der Waals surface area contributed by atoms with Crippen LogP contribution in [0.5, 0.6) is 0 Å². The molecule has 0 aliphatic heterocycles. The third kappa shape index (κ3) is 3.45. The number of carboxylic acid groups (broad SMARTS) is 1. The molecule has 1 aliphatic carbocycles. The van der Waals surface area contributed by atoms with Crippen LogP contribution in [0, 0.1) is 17.5 Å². The van der Waals surface area contributed by atoms with Crippen molar-refractivity contribution >= 4 is 17.7 Å². The van der Waals surface area contributed by atoms with E-state index in [1.54, 1.807) is 0 Å². The van der Waals surface area contributed by atoms with Crippen molar-refractivity contribution in [3.05, 3.63) is 29.6 Å². The number of amides is 2. The Morgan fingerprint density at radius 2 is 1.76 bits per heavy atom. The molecular weight excluding hydrogens is 289 g/mol. The summed E-state index contributed by atoms with van der Waals surface area (Å²) in [7, 11) is 0. The largest absolute Gasteiger partial charge is 0.481 e. The zero-order valence-electron chi connectivity index (χ0n) is 10.9. The molecule has 1 fully saturated rings. The quantitative estimate of drug-likeness (QED) is 0.748. The van der Waals surface area contributed by atoms with E-state index in [0.717, 1.165) is 6.42 Å². The molecular formula is C13H13F3N2O3. The van der Waals surface area contributed by atoms with Gasteiger partial charge in [-0.2, -0.15) is 0 Å². The Hall–Kier alpha value is -2.25. The molecule has 1 saturated carbocycles. The van der Waals surface area contributed by atoms with Gasteiger partial charge < -0.3 is 15.7 Å². The number of carbonyl (C=O) groups excluding carboxylic acids is 1. The molecule has 0 atom stereocenters. The van der Waals surface area contributed by atoms with Crippen molar-refractivity contribution in [1.29, 1.82) is 0 Å². The molecule has 0 saturated heterocycles. The maximum atomic E-state index is 13.0. The first kappa shape index (κ1) is 15.1. The lowest BCUT2D eigenvalue weighted by Crippen LogP contribution is -2.55. The molecule has 0 aromatic heterocycles. The second kappa shape index (κ2) is 5.63. The zero-order chi connectivity index (χ0) is 15.6. The first-order valence-electron chi connectivity index (χ1n) is 6.27. The topological polar surface area (TPSA) is 78.4 Å². The molecule has 2 amide bonds. The summed E-state index contributed by atoms with van der Waals surface area (Å²) in [5, 5.41) is 13.5. The van der Waals surface area contributed by atoms with Crippen LogP contribution < -0.4 is 10.6 Å². The molecule has 1 aromatic carbocycles. The number of urea groups is 1. The van der Waals surface area contributed by atoms with Crippen LogP contribution in [0.4, 0.5) is 23.7 Å². The van der Waals surface area contributed by atoms with Crippen LogP contribution in [-0.2, 0) is 4.79 Å². The Balaban J connectivity index is 2.03. The minimum atomic E-state index is -1.62. The number of anilines is 1. The summed E-state index contributed by atoms with van der Waals surface area (Å²) in [6.45, 7) is 0. The highest BCUT2D eigenvalue weighted by atomic mass is 19.2. The average molecular weight is 302 g/mol. The van der Waals surface area contributed by atoms with Crippen LogP contribution in [0.2, 0.25) is 0 Å². The van der Waals surface area contributed by atoms with E-state index in [1.165, 1.54) is 0 Å². The standard InChI is InChI=1S/C13H13F3N2O3/c14-8-4-7(5-9(15)11(8)16)17-12(21)18-13(2-1-3-13)6-10(19)20/h4-5H,1-3,6H2,(H,19,20)(H2,17,18,21). The van der Waals surface area contributed by atoms with Crippen LogP contribution >= 0.6 is 0 Å². The van der Waals surface area contributed by atoms with Crippen LogP contribution in [0.1, 0.15) is 25.7 Å². The summed E-state index contributed by atoms with van der Waals surface area (Å²) in [6.07, 6.45) is 1.58. The minimum Gasteiger partial charge on any atom is -0.481 e. The van der Waals surface area contributed by atoms with Crippen molar-refractivity contribution < 1.29 is 27.9 Å². The number of benzene rings is 1. The number of carbonyl (C=O) groups is 2. The van der Waals surface area contributed by atoms with Crippen molar-refractivity contribution in [2.75, 3.05) is 5.32 Å². The maximum absolute atomic E-state index is 13.0. The summed E-state index contributed by atoms with van der Waals surface area (Å²) in [5.41, 5.74) is -1.10. The number of aliphatic carboxylic acids is 1. The average Bonchev–Trinajstić information content (AvgIpc) is 2.32. The molecule has 8 heteroatoms. The molecule has 0 unspecified atom stereocenters. The van der Waals surface area contributed by atoms with Gasteiger partial charge in [0, 0.05) is 17.8 Å². The molecule has 3 N–H and O–H groups in total. The van der Waals surface area contributed by atoms with E-state index in [9.17, 15) is 22.8 Å². The maximum Gasteiger partial charge on any atom is 0.319 e. The summed E-state index contributed by atoms with van der Waals surface area (Å²) in [6, 6.07) is 0.493. The number of hydrogen-bond donors (Lipinski definition) is 3. The lowest BCUT2D eigenvalue weighted by molar-refractivity contribution is -0.139. The Morgan fingerprint density at radius 1 is 1.19 bits per heavy atom. The van der Waals surface area contributed by atoms with Gasteiger partial charge >= 0.3 is 12.0 Å². The first-order chi connectivity index (χ1) is 9.81. The third-order valence-electron chi connectivity index (χ3n) is 3.42. The highest BCUT2D eigenvalue weighted by Gasteiger charge is 2.40. The van der Waals surface area contributed by atoms with E-state index >= 15 is 0 Å². The van der Waals surface area contributed by atoms with E-state index < -0.39 is 35.0 Å². The van der Waals surface area contributed by atoms with E-state index in [0.29, 0.717) is 25.0 Å². The van der Waals surface area contributed by atoms with E-state index in [2.05, 4.69) is 10.6 Å². The van der Waals surface area contributed by atoms with Crippen molar-refractivity contribution in [3.8, 4) is 0 Å². The normalized spacial score (nSPS) is 16.0. The highest BCUT2D eigenvalue weighted by Crippen LogP contribution is 2.35. The van der Waals surface area contributed by atoms with Crippen LogP contribution in [0.3, 0.4) is 0 Å². The SMILES string of the molecule is O=C(O)CC1(NC(=O)Nc2cc(F)c(F)c(F)c2)CCC1. The molecule has 0 spiro atoms. The van der Waals surface area contributed by atoms with Crippen molar-refractivity contribution in [2.45, 2.75) is 31.2 Å². The molecule has 5 nitrogen and oxygen atoms in total. The predicted octanol–water partition coefficient (Wildman–Crippen LogP) is 2.62. The Kier molecular flexibility index (Phi) is 4.06. The van der Waals surface area contributed by atoms with Crippen LogP contribution in [-0.4, -0.2) is 22.6 Å². The Morgan fingerprint density at radius 3 is 2.19 bits per heavy atom. The molecule has 0 radical (unpaired) electrons. The van der Waals surface area contributed by atoms with Crippen molar-refractivity contribution in [3.63, 3.8) is 0 Å². The second-order valence-electron chi connectivity index (χ2n) is 5.04. The lowest BCUT2D eigenvalue weighted by Gasteiger charge is -2.41. The zero-order valence-corrected chi connectivity index (χ0v) is 10.9. The fraction of sp³-hybridized carbons (Fsp3) is 0.385. The van der Waals surface area contributed by atoms with Crippen LogP contribution in [0.25, 0.3) is 0 Å². The lowest BCUT2D eigenvalue weighted by atomic mass is 9.74. The van der Waals surface area contributed by atoms with E-state index in [-0.39, 0.29) is 12.1 Å². The third-order valence-corrected chi connectivity index (χ3v) is 3.42. The fourth-order valence-electron chi connectivity index (χ4n) is 2.27. The van der Waals surface area contributed by atoms with Gasteiger partial charge in [-0.1, -0.05) is 0 Å². The number of rotatable bonds is 4. The summed E-state index contributed by atoms with van der Waals surface area (Å²) < 4.78 is 38.8. The highest BCUT2D eigenvalue weighted by molar-refractivity contribution is 5.90. The van der Waals surface area contributed by atoms with Gasteiger partial charge in [-0.3, -0.25) is 4.79 Å². The molecule has 0 heterocycles. The van der Waals surface area contributed by atoms with E-state index in [4.69, 9.17) is 5.11 Å². The van der Waals surface area contributed by atoms with Gasteiger partial charge in [-0.05, 0) is 19.3 Å². The van der Waals surface area contributed by atoms with Crippen molar-refractivity contribution in [1.82, 2.24) is 5.32 Å². The summed E-state index contributed by atoms with van der Waals surface area (Å²) in [4.78, 5) is 22.5. The fourth-order valence-corrected chi connectivity index (χ4v) is 2.27. The second-order valence-corrected chi connectivity index (χ2v) is 5.04. The van der Waals surface area contributed by atoms with Gasteiger partial charge in [-0.25, -0.2) is 18.0 Å². The Labute approximate surface area is 118 Å². The first-order valence-corrected chi connectivity index (χ1v) is 6.27. The van der Waals surface area contributed by atoms with Crippen molar-refractivity contribution in [2.24, 2.45) is 0 Å². The molecule has 1 aliphatic rings. The summed E-state index contributed by atoms with van der Waals surface area (Å²) >= 11 is 0. The predicted molar refractivity (Wildman–Crippen MR) is 67.3 cm³/mol. The van der Waals surface area contributed by atoms with Gasteiger partial charge in [0.05, 0.1) is 12.0 Å². The van der Waals surface area contributed by atoms with Gasteiger partial charge in [0.25, 0.3) is 0 Å². The molecule has 2 rings (SSSR count). The van der Waals surface area contributed by atoms with Crippen LogP contribution in [0.15, 0.2) is 12.1 Å². The monoisotopic (exact) mass is 302 g/mol. The number of halogens is 3. The molecule has 0 bridgehead atoms. The van der Waals surface area contributed by atoms with Gasteiger partial charge in [0.2, 0.25) is 0 Å². The van der Waals surface area contributed by atoms with E-state index in [1.807, 2.05) is 0 Å². The number of nitrogens with one attached hydrogen (secondary N) is 2. The molecule has 1 aromatic rings. The Bertz CT molecular complexity index is 565. The minimum absolute atomic E-state index is 0.230.